The Morgan fingerprint density at radius 3 is 3.29 bits per heavy atom. The van der Waals surface area contributed by atoms with E-state index in [1.807, 2.05) is 18.6 Å². The van der Waals surface area contributed by atoms with Crippen LogP contribution in [-0.2, 0) is 16.2 Å². The Bertz CT molecular complexity index is 461. The molecule has 3 nitrogen and oxygen atoms in total. The summed E-state index contributed by atoms with van der Waals surface area (Å²) >= 11 is 0. The Labute approximate surface area is 100 Å². The molecule has 86 valence electrons. The fraction of sp³-hybridized carbons (Fsp3) is 0.143. The highest BCUT2D eigenvalue weighted by Crippen LogP contribution is 2.22. The second-order valence-electron chi connectivity index (χ2n) is 3.53. The van der Waals surface area contributed by atoms with Crippen LogP contribution in [0.1, 0.15) is 21.5 Å². The summed E-state index contributed by atoms with van der Waals surface area (Å²) in [4.78, 5) is 21.1. The number of carbonyl (C=O) groups excluding carboxylic acids is 1. The molecule has 0 unspecified atom stereocenters. The molecule has 0 fully saturated rings. The first-order chi connectivity index (χ1) is 8.33. The van der Waals surface area contributed by atoms with E-state index >= 15 is 0 Å². The van der Waals surface area contributed by atoms with Gasteiger partial charge in [-0.05, 0) is 29.7 Å². The van der Waals surface area contributed by atoms with Crippen molar-refractivity contribution >= 4 is 5.97 Å². The van der Waals surface area contributed by atoms with Crippen molar-refractivity contribution < 1.29 is 14.6 Å². The first-order valence-electron chi connectivity index (χ1n) is 5.31. The third-order valence-electron chi connectivity index (χ3n) is 2.40. The molecular formula is C14H12O3. The Morgan fingerprint density at radius 1 is 1.59 bits per heavy atom. The lowest BCUT2D eigenvalue weighted by Gasteiger charge is -2.13. The van der Waals surface area contributed by atoms with E-state index < -0.39 is 5.97 Å². The minimum absolute atomic E-state index is 0.179. The van der Waals surface area contributed by atoms with E-state index in [4.69, 9.17) is 0 Å². The van der Waals surface area contributed by atoms with Crippen molar-refractivity contribution in [1.82, 2.24) is 0 Å². The molecule has 0 spiro atoms. The van der Waals surface area contributed by atoms with E-state index in [0.717, 1.165) is 11.1 Å². The molecule has 0 heterocycles. The summed E-state index contributed by atoms with van der Waals surface area (Å²) in [5.74, 6) is -0.485. The molecule has 0 atom stereocenters. The van der Waals surface area contributed by atoms with Gasteiger partial charge in [0.1, 0.15) is 6.61 Å². The maximum atomic E-state index is 11.8. The molecule has 0 saturated carbocycles. The molecule has 0 bridgehead atoms. The average Bonchev–Trinajstić information content (AvgIpc) is 2.38. The molecule has 0 amide bonds. The minimum atomic E-state index is -0.485. The van der Waals surface area contributed by atoms with Crippen molar-refractivity contribution in [3.8, 4) is 0 Å². The van der Waals surface area contributed by atoms with Crippen molar-refractivity contribution in [2.75, 3.05) is 6.61 Å². The van der Waals surface area contributed by atoms with Crippen LogP contribution in [0, 0.1) is 12.5 Å². The third kappa shape index (κ3) is 2.63. The van der Waals surface area contributed by atoms with Crippen LogP contribution < -0.4 is 0 Å². The molecule has 0 aromatic heterocycles. The molecule has 17 heavy (non-hydrogen) atoms. The summed E-state index contributed by atoms with van der Waals surface area (Å²) in [5, 5.41) is 0. The second-order valence-corrected chi connectivity index (χ2v) is 3.53. The number of hydrogen-bond acceptors (Lipinski definition) is 3. The van der Waals surface area contributed by atoms with Gasteiger partial charge < -0.3 is 0 Å². The lowest BCUT2D eigenvalue weighted by atomic mass is 9.92. The third-order valence-corrected chi connectivity index (χ3v) is 2.40. The first-order valence-corrected chi connectivity index (χ1v) is 5.31. The van der Waals surface area contributed by atoms with Gasteiger partial charge in [-0.3, -0.25) is 4.89 Å². The van der Waals surface area contributed by atoms with Crippen molar-refractivity contribution in [1.29, 1.82) is 0 Å². The van der Waals surface area contributed by atoms with Crippen LogP contribution in [0.2, 0.25) is 0 Å². The van der Waals surface area contributed by atoms with E-state index in [-0.39, 0.29) is 6.61 Å². The van der Waals surface area contributed by atoms with Gasteiger partial charge in [0.15, 0.2) is 0 Å². The van der Waals surface area contributed by atoms with Gasteiger partial charge in [-0.2, -0.15) is 4.89 Å². The summed E-state index contributed by atoms with van der Waals surface area (Å²) in [6.07, 6.45) is 8.06. The number of allylic oxidation sites excluding steroid dienone is 2. The molecule has 0 N–H and O–H groups in total. The van der Waals surface area contributed by atoms with Crippen LogP contribution in [0.25, 0.3) is 0 Å². The van der Waals surface area contributed by atoms with Crippen LogP contribution in [-0.4, -0.2) is 12.6 Å². The van der Waals surface area contributed by atoms with Gasteiger partial charge >= 0.3 is 5.97 Å². The molecule has 0 aliphatic heterocycles. The quantitative estimate of drug-likeness (QED) is 0.343. The maximum absolute atomic E-state index is 11.8. The molecule has 1 aromatic carbocycles. The molecule has 2 radical (unpaired) electrons. The highest BCUT2D eigenvalue weighted by molar-refractivity contribution is 5.91. The van der Waals surface area contributed by atoms with Gasteiger partial charge in [0.25, 0.3) is 0 Å². The van der Waals surface area contributed by atoms with Crippen molar-refractivity contribution in [2.24, 2.45) is 0 Å². The standard InChI is InChI=1S/C14H12O3/c1-2-10-16-17-14(15)13-9-5-7-11-6-3-4-8-12(11)13/h2-6,9H,1,8,10H2. The zero-order valence-electron chi connectivity index (χ0n) is 9.31. The number of rotatable bonds is 4. The summed E-state index contributed by atoms with van der Waals surface area (Å²) in [6.45, 7) is 3.64. The van der Waals surface area contributed by atoms with Gasteiger partial charge in [0.05, 0.1) is 5.56 Å². The zero-order chi connectivity index (χ0) is 12.1. The maximum Gasteiger partial charge on any atom is 0.373 e. The minimum Gasteiger partial charge on any atom is -0.292 e. The van der Waals surface area contributed by atoms with Gasteiger partial charge in [0.2, 0.25) is 0 Å². The highest BCUT2D eigenvalue weighted by atomic mass is 17.2. The summed E-state index contributed by atoms with van der Waals surface area (Å²) < 4.78 is 0. The monoisotopic (exact) mass is 228 g/mol. The van der Waals surface area contributed by atoms with Gasteiger partial charge in [-0.25, -0.2) is 4.79 Å². The van der Waals surface area contributed by atoms with Crippen LogP contribution in [0.5, 0.6) is 0 Å². The van der Waals surface area contributed by atoms with E-state index in [2.05, 4.69) is 22.4 Å². The molecule has 3 heteroatoms. The number of fused-ring (bicyclic) bond motifs is 1. The van der Waals surface area contributed by atoms with Crippen LogP contribution in [0.4, 0.5) is 0 Å². The van der Waals surface area contributed by atoms with Crippen molar-refractivity contribution in [3.63, 3.8) is 0 Å². The molecule has 2 rings (SSSR count). The smallest absolute Gasteiger partial charge is 0.292 e. The van der Waals surface area contributed by atoms with Gasteiger partial charge in [-0.15, -0.1) is 6.58 Å². The van der Waals surface area contributed by atoms with Gasteiger partial charge in [0, 0.05) is 6.42 Å². The van der Waals surface area contributed by atoms with Gasteiger partial charge in [-0.1, -0.05) is 24.3 Å². The fourth-order valence-corrected chi connectivity index (χ4v) is 1.64. The van der Waals surface area contributed by atoms with E-state index in [1.165, 1.54) is 6.08 Å². The molecule has 1 aliphatic rings. The van der Waals surface area contributed by atoms with Crippen molar-refractivity contribution in [3.05, 3.63) is 66.1 Å². The predicted molar refractivity (Wildman–Crippen MR) is 63.1 cm³/mol. The summed E-state index contributed by atoms with van der Waals surface area (Å²) in [5.41, 5.74) is 2.36. The SMILES string of the molecule is C=CCOOC(=O)c1cc[c]c2c1CC=C[CH]2. The van der Waals surface area contributed by atoms with Crippen LogP contribution in [0.15, 0.2) is 36.9 Å². The normalized spacial score (nSPS) is 12.9. The Kier molecular flexibility index (Phi) is 3.73. The van der Waals surface area contributed by atoms with Crippen molar-refractivity contribution in [2.45, 2.75) is 6.42 Å². The topological polar surface area (TPSA) is 35.5 Å². The largest absolute Gasteiger partial charge is 0.373 e. The number of benzene rings is 1. The number of carbonyl (C=O) groups is 1. The van der Waals surface area contributed by atoms with E-state index in [0.29, 0.717) is 12.0 Å². The lowest BCUT2D eigenvalue weighted by molar-refractivity contribution is -0.231. The Balaban J connectivity index is 2.16. The fourth-order valence-electron chi connectivity index (χ4n) is 1.64. The predicted octanol–water partition coefficient (Wildman–Crippen LogP) is 2.43. The Hall–Kier alpha value is -1.87. The Morgan fingerprint density at radius 2 is 2.47 bits per heavy atom. The van der Waals surface area contributed by atoms with Crippen LogP contribution >= 0.6 is 0 Å². The zero-order valence-corrected chi connectivity index (χ0v) is 9.31. The molecule has 1 aliphatic carbocycles. The van der Waals surface area contributed by atoms with E-state index in [9.17, 15) is 4.79 Å². The summed E-state index contributed by atoms with van der Waals surface area (Å²) in [7, 11) is 0. The highest BCUT2D eigenvalue weighted by Gasteiger charge is 2.17. The molecule has 1 aromatic rings. The van der Waals surface area contributed by atoms with E-state index in [1.54, 1.807) is 12.1 Å². The number of hydrogen-bond donors (Lipinski definition) is 0. The summed E-state index contributed by atoms with van der Waals surface area (Å²) in [6, 6.07) is 6.47. The molecular weight excluding hydrogens is 216 g/mol. The average molecular weight is 228 g/mol. The lowest BCUT2D eigenvalue weighted by Crippen LogP contribution is -2.11. The molecule has 0 saturated heterocycles. The second kappa shape index (κ2) is 5.46. The first kappa shape index (κ1) is 11.6. The van der Waals surface area contributed by atoms with Crippen LogP contribution in [0.3, 0.4) is 0 Å².